The molecule has 1 aromatic heterocycles. The number of rotatable bonds is 5. The molecule has 0 N–H and O–H groups in total. The third-order valence-corrected chi connectivity index (χ3v) is 6.86. The highest BCUT2D eigenvalue weighted by Crippen LogP contribution is 2.28. The lowest BCUT2D eigenvalue weighted by molar-refractivity contribution is 0.101. The van der Waals surface area contributed by atoms with Gasteiger partial charge in [0.2, 0.25) is 10.0 Å². The molecular formula is C20H20N4O3S. The quantitative estimate of drug-likeness (QED) is 0.619. The van der Waals surface area contributed by atoms with Crippen LogP contribution in [0.2, 0.25) is 0 Å². The molecule has 3 aromatic rings. The molecule has 0 radical (unpaired) electrons. The molecule has 0 amide bonds. The maximum absolute atomic E-state index is 12.9. The summed E-state index contributed by atoms with van der Waals surface area (Å²) in [5.41, 5.74) is 2.23. The molecule has 1 saturated heterocycles. The van der Waals surface area contributed by atoms with Crippen molar-refractivity contribution in [3.63, 3.8) is 0 Å². The maximum Gasteiger partial charge on any atom is 0.243 e. The van der Waals surface area contributed by atoms with Gasteiger partial charge in [-0.05, 0) is 25.5 Å². The Morgan fingerprint density at radius 2 is 1.79 bits per heavy atom. The van der Waals surface area contributed by atoms with Crippen molar-refractivity contribution < 1.29 is 13.2 Å². The Kier molecular flexibility index (Phi) is 4.82. The van der Waals surface area contributed by atoms with Crippen molar-refractivity contribution in [2.45, 2.75) is 24.3 Å². The SMILES string of the molecule is CC(=O)c1ccc(S(=O)(=O)N2CCC(n3cc(-c4ccccc4)nn3)C2)cc1. The van der Waals surface area contributed by atoms with Gasteiger partial charge in [0, 0.05) is 24.2 Å². The molecule has 0 aliphatic carbocycles. The van der Waals surface area contributed by atoms with Crippen LogP contribution in [0, 0.1) is 0 Å². The Balaban J connectivity index is 1.51. The van der Waals surface area contributed by atoms with E-state index in [9.17, 15) is 13.2 Å². The van der Waals surface area contributed by atoms with Gasteiger partial charge in [-0.15, -0.1) is 5.10 Å². The zero-order valence-electron chi connectivity index (χ0n) is 15.4. The first-order chi connectivity index (χ1) is 13.4. The predicted octanol–water partition coefficient (Wildman–Crippen LogP) is 2.78. The molecule has 0 saturated carbocycles. The van der Waals surface area contributed by atoms with Gasteiger partial charge >= 0.3 is 0 Å². The van der Waals surface area contributed by atoms with E-state index in [-0.39, 0.29) is 16.7 Å². The van der Waals surface area contributed by atoms with Crippen molar-refractivity contribution in [1.29, 1.82) is 0 Å². The molecule has 1 aliphatic rings. The van der Waals surface area contributed by atoms with E-state index < -0.39 is 10.0 Å². The number of sulfonamides is 1. The average molecular weight is 396 g/mol. The molecule has 4 rings (SSSR count). The summed E-state index contributed by atoms with van der Waals surface area (Å²) in [4.78, 5) is 11.6. The van der Waals surface area contributed by atoms with Crippen molar-refractivity contribution in [3.05, 3.63) is 66.4 Å². The summed E-state index contributed by atoms with van der Waals surface area (Å²) in [6, 6.07) is 15.8. The normalized spacial score (nSPS) is 17.7. The molecular weight excluding hydrogens is 376 g/mol. The second-order valence-corrected chi connectivity index (χ2v) is 8.77. The van der Waals surface area contributed by atoms with Gasteiger partial charge in [-0.3, -0.25) is 4.79 Å². The molecule has 1 aliphatic heterocycles. The van der Waals surface area contributed by atoms with Gasteiger partial charge in [0.15, 0.2) is 5.78 Å². The topological polar surface area (TPSA) is 85.2 Å². The number of ketones is 1. The van der Waals surface area contributed by atoms with Gasteiger partial charge in [0.1, 0.15) is 5.69 Å². The number of aromatic nitrogens is 3. The number of Topliss-reactive ketones (excluding diaryl/α,β-unsaturated/α-hetero) is 1. The van der Waals surface area contributed by atoms with Crippen molar-refractivity contribution in [1.82, 2.24) is 19.3 Å². The van der Waals surface area contributed by atoms with Gasteiger partial charge in [-0.25, -0.2) is 13.1 Å². The van der Waals surface area contributed by atoms with Crippen LogP contribution in [0.4, 0.5) is 0 Å². The molecule has 1 atom stereocenters. The van der Waals surface area contributed by atoms with Crippen molar-refractivity contribution in [3.8, 4) is 11.3 Å². The van der Waals surface area contributed by atoms with Gasteiger partial charge in [-0.1, -0.05) is 47.7 Å². The summed E-state index contributed by atoms with van der Waals surface area (Å²) in [6.07, 6.45) is 2.53. The Hall–Kier alpha value is -2.84. The van der Waals surface area contributed by atoms with Crippen LogP contribution in [0.1, 0.15) is 29.7 Å². The van der Waals surface area contributed by atoms with E-state index in [1.54, 1.807) is 16.8 Å². The van der Waals surface area contributed by atoms with Crippen LogP contribution >= 0.6 is 0 Å². The highest BCUT2D eigenvalue weighted by molar-refractivity contribution is 7.89. The summed E-state index contributed by atoms with van der Waals surface area (Å²) in [7, 11) is -3.61. The fraction of sp³-hybridized carbons (Fsp3) is 0.250. The summed E-state index contributed by atoms with van der Waals surface area (Å²) < 4.78 is 29.0. The summed E-state index contributed by atoms with van der Waals surface area (Å²) >= 11 is 0. The lowest BCUT2D eigenvalue weighted by Gasteiger charge is -2.16. The monoisotopic (exact) mass is 396 g/mol. The van der Waals surface area contributed by atoms with Crippen LogP contribution in [-0.2, 0) is 10.0 Å². The first kappa shape index (κ1) is 18.5. The second-order valence-electron chi connectivity index (χ2n) is 6.84. The largest absolute Gasteiger partial charge is 0.295 e. The number of carbonyl (C=O) groups excluding carboxylic acids is 1. The smallest absolute Gasteiger partial charge is 0.243 e. The van der Waals surface area contributed by atoms with E-state index in [0.29, 0.717) is 25.1 Å². The molecule has 1 unspecified atom stereocenters. The third kappa shape index (κ3) is 3.48. The molecule has 1 fully saturated rings. The minimum absolute atomic E-state index is 0.0590. The molecule has 28 heavy (non-hydrogen) atoms. The maximum atomic E-state index is 12.9. The zero-order chi connectivity index (χ0) is 19.7. The van der Waals surface area contributed by atoms with Gasteiger partial charge < -0.3 is 0 Å². The van der Waals surface area contributed by atoms with Gasteiger partial charge in [-0.2, -0.15) is 4.31 Å². The van der Waals surface area contributed by atoms with Crippen LogP contribution < -0.4 is 0 Å². The highest BCUT2D eigenvalue weighted by Gasteiger charge is 2.34. The zero-order valence-corrected chi connectivity index (χ0v) is 16.2. The number of hydrogen-bond donors (Lipinski definition) is 0. The van der Waals surface area contributed by atoms with Crippen LogP contribution in [0.15, 0.2) is 65.7 Å². The minimum atomic E-state index is -3.61. The molecule has 0 bridgehead atoms. The molecule has 2 aromatic carbocycles. The number of nitrogens with zero attached hydrogens (tertiary/aromatic N) is 4. The van der Waals surface area contributed by atoms with E-state index >= 15 is 0 Å². The van der Waals surface area contributed by atoms with Crippen LogP contribution in [0.25, 0.3) is 11.3 Å². The lowest BCUT2D eigenvalue weighted by Crippen LogP contribution is -2.29. The summed E-state index contributed by atoms with van der Waals surface area (Å²) in [5, 5.41) is 8.42. The van der Waals surface area contributed by atoms with E-state index in [0.717, 1.165) is 11.3 Å². The fourth-order valence-electron chi connectivity index (χ4n) is 3.35. The van der Waals surface area contributed by atoms with Gasteiger partial charge in [0.25, 0.3) is 0 Å². The number of hydrogen-bond acceptors (Lipinski definition) is 5. The number of benzene rings is 2. The van der Waals surface area contributed by atoms with E-state index in [1.165, 1.54) is 23.4 Å². The average Bonchev–Trinajstić information content (AvgIpc) is 3.38. The Labute approximate surface area is 163 Å². The Bertz CT molecular complexity index is 1090. The summed E-state index contributed by atoms with van der Waals surface area (Å²) in [6.45, 7) is 2.22. The predicted molar refractivity (Wildman–Crippen MR) is 104 cm³/mol. The van der Waals surface area contributed by atoms with E-state index in [1.807, 2.05) is 36.5 Å². The van der Waals surface area contributed by atoms with E-state index in [4.69, 9.17) is 0 Å². The van der Waals surface area contributed by atoms with Crippen LogP contribution in [-0.4, -0.2) is 46.6 Å². The molecule has 7 nitrogen and oxygen atoms in total. The van der Waals surface area contributed by atoms with E-state index in [2.05, 4.69) is 10.3 Å². The third-order valence-electron chi connectivity index (χ3n) is 4.98. The molecule has 2 heterocycles. The van der Waals surface area contributed by atoms with Crippen LogP contribution in [0.3, 0.4) is 0 Å². The minimum Gasteiger partial charge on any atom is -0.295 e. The van der Waals surface area contributed by atoms with Crippen LogP contribution in [0.5, 0.6) is 0 Å². The second kappa shape index (κ2) is 7.29. The Morgan fingerprint density at radius 3 is 2.46 bits per heavy atom. The fourth-order valence-corrected chi connectivity index (χ4v) is 4.84. The number of carbonyl (C=O) groups is 1. The van der Waals surface area contributed by atoms with Crippen molar-refractivity contribution in [2.75, 3.05) is 13.1 Å². The van der Waals surface area contributed by atoms with Crippen molar-refractivity contribution in [2.24, 2.45) is 0 Å². The highest BCUT2D eigenvalue weighted by atomic mass is 32.2. The molecule has 144 valence electrons. The first-order valence-corrected chi connectivity index (χ1v) is 10.5. The Morgan fingerprint density at radius 1 is 1.07 bits per heavy atom. The molecule has 8 heteroatoms. The standard InChI is InChI=1S/C20H20N4O3S/c1-15(25)16-7-9-19(10-8-16)28(26,27)23-12-11-18(13-23)24-14-20(21-22-24)17-5-3-2-4-6-17/h2-10,14,18H,11-13H2,1H3. The van der Waals surface area contributed by atoms with Crippen molar-refractivity contribution >= 4 is 15.8 Å². The molecule has 0 spiro atoms. The van der Waals surface area contributed by atoms with Gasteiger partial charge in [0.05, 0.1) is 17.1 Å². The first-order valence-electron chi connectivity index (χ1n) is 9.03. The summed E-state index contributed by atoms with van der Waals surface area (Å²) in [5.74, 6) is -0.0920. The lowest BCUT2D eigenvalue weighted by atomic mass is 10.2.